The van der Waals surface area contributed by atoms with Crippen molar-refractivity contribution in [3.63, 3.8) is 0 Å². The van der Waals surface area contributed by atoms with Crippen molar-refractivity contribution in [1.82, 2.24) is 19.4 Å². The number of H-pyrrole nitrogens is 1. The van der Waals surface area contributed by atoms with E-state index >= 15 is 0 Å². The molecule has 3 heterocycles. The lowest BCUT2D eigenvalue weighted by atomic mass is 10.1. The molecule has 7 heteroatoms. The number of nitrogens with zero attached hydrogens (tertiary/aromatic N) is 4. The van der Waals surface area contributed by atoms with Crippen LogP contribution in [0.15, 0.2) is 70.7 Å². The van der Waals surface area contributed by atoms with Gasteiger partial charge in [0, 0.05) is 23.5 Å². The molecular formula is C19H16N6O. The van der Waals surface area contributed by atoms with E-state index < -0.39 is 0 Å². The number of aromatic nitrogens is 4. The van der Waals surface area contributed by atoms with E-state index in [0.717, 1.165) is 22.6 Å². The van der Waals surface area contributed by atoms with Crippen molar-refractivity contribution in [3.8, 4) is 11.3 Å². The van der Waals surface area contributed by atoms with Crippen LogP contribution in [0.25, 0.3) is 16.9 Å². The minimum atomic E-state index is -0.227. The number of hydrogen-bond donors (Lipinski definition) is 2. The Bertz CT molecular complexity index is 1140. The second-order valence-corrected chi connectivity index (χ2v) is 5.75. The minimum absolute atomic E-state index is 0.227. The smallest absolute Gasteiger partial charge is 0.252 e. The molecule has 0 aliphatic carbocycles. The van der Waals surface area contributed by atoms with Crippen LogP contribution in [0.5, 0.6) is 0 Å². The van der Waals surface area contributed by atoms with Gasteiger partial charge in [-0.15, -0.1) is 0 Å². The van der Waals surface area contributed by atoms with Crippen molar-refractivity contribution in [2.45, 2.75) is 6.92 Å². The highest BCUT2D eigenvalue weighted by atomic mass is 16.1. The average molecular weight is 344 g/mol. The fourth-order valence-electron chi connectivity index (χ4n) is 2.73. The molecule has 0 fully saturated rings. The summed E-state index contributed by atoms with van der Waals surface area (Å²) in [6.45, 7) is 1.75. The van der Waals surface area contributed by atoms with E-state index in [4.69, 9.17) is 4.98 Å². The van der Waals surface area contributed by atoms with Crippen LogP contribution in [0.1, 0.15) is 11.4 Å². The van der Waals surface area contributed by atoms with Crippen molar-refractivity contribution in [2.75, 3.05) is 5.43 Å². The number of anilines is 1. The Kier molecular flexibility index (Phi) is 4.03. The van der Waals surface area contributed by atoms with Gasteiger partial charge in [0.1, 0.15) is 5.65 Å². The Morgan fingerprint density at radius 1 is 1.12 bits per heavy atom. The molecule has 128 valence electrons. The quantitative estimate of drug-likeness (QED) is 0.440. The molecule has 26 heavy (non-hydrogen) atoms. The molecule has 0 aliphatic heterocycles. The number of aromatic amines is 1. The van der Waals surface area contributed by atoms with E-state index in [1.807, 2.05) is 59.1 Å². The van der Waals surface area contributed by atoms with E-state index in [-0.39, 0.29) is 5.56 Å². The number of nitrogens with one attached hydrogen (secondary N) is 2. The van der Waals surface area contributed by atoms with Crippen LogP contribution >= 0.6 is 0 Å². The molecule has 0 saturated carbocycles. The maximum Gasteiger partial charge on any atom is 0.252 e. The third-order valence-corrected chi connectivity index (χ3v) is 3.84. The van der Waals surface area contributed by atoms with Crippen LogP contribution in [-0.4, -0.2) is 25.6 Å². The van der Waals surface area contributed by atoms with Gasteiger partial charge in [-0.05, 0) is 19.1 Å². The summed E-state index contributed by atoms with van der Waals surface area (Å²) in [6.07, 6.45) is 3.60. The largest absolute Gasteiger partial charge is 0.298 e. The zero-order valence-corrected chi connectivity index (χ0v) is 14.0. The van der Waals surface area contributed by atoms with Crippen LogP contribution in [0, 0.1) is 6.92 Å². The van der Waals surface area contributed by atoms with E-state index in [1.165, 1.54) is 6.07 Å². The fraction of sp³-hybridized carbons (Fsp3) is 0.0526. The Balaban J connectivity index is 1.74. The summed E-state index contributed by atoms with van der Waals surface area (Å²) >= 11 is 0. The number of hydrogen-bond acceptors (Lipinski definition) is 5. The van der Waals surface area contributed by atoms with Crippen LogP contribution in [0.4, 0.5) is 5.95 Å². The van der Waals surface area contributed by atoms with E-state index in [9.17, 15) is 4.79 Å². The minimum Gasteiger partial charge on any atom is -0.298 e. The van der Waals surface area contributed by atoms with Crippen molar-refractivity contribution >= 4 is 17.8 Å². The molecule has 0 radical (unpaired) electrons. The lowest BCUT2D eigenvalue weighted by Crippen LogP contribution is -2.10. The van der Waals surface area contributed by atoms with Gasteiger partial charge in [0.15, 0.2) is 0 Å². The van der Waals surface area contributed by atoms with E-state index in [0.29, 0.717) is 11.6 Å². The summed E-state index contributed by atoms with van der Waals surface area (Å²) in [5.74, 6) is 0.293. The average Bonchev–Trinajstić information content (AvgIpc) is 3.01. The third-order valence-electron chi connectivity index (χ3n) is 3.84. The van der Waals surface area contributed by atoms with Gasteiger partial charge in [0.25, 0.3) is 5.56 Å². The molecule has 0 saturated heterocycles. The second kappa shape index (κ2) is 6.64. The number of imidazole rings is 1. The van der Waals surface area contributed by atoms with Crippen molar-refractivity contribution in [3.05, 3.63) is 82.5 Å². The van der Waals surface area contributed by atoms with Crippen LogP contribution < -0.4 is 11.0 Å². The zero-order chi connectivity index (χ0) is 17.9. The molecule has 4 rings (SSSR count). The second-order valence-electron chi connectivity index (χ2n) is 5.75. The van der Waals surface area contributed by atoms with E-state index in [2.05, 4.69) is 20.5 Å². The molecule has 0 spiro atoms. The summed E-state index contributed by atoms with van der Waals surface area (Å²) in [5.41, 5.74) is 6.64. The monoisotopic (exact) mass is 344 g/mol. The maximum absolute atomic E-state index is 11.5. The summed E-state index contributed by atoms with van der Waals surface area (Å²) in [5, 5.41) is 4.23. The summed E-state index contributed by atoms with van der Waals surface area (Å²) < 4.78 is 1.96. The van der Waals surface area contributed by atoms with Crippen LogP contribution in [-0.2, 0) is 0 Å². The Hall–Kier alpha value is -3.74. The first kappa shape index (κ1) is 15.8. The molecule has 0 bridgehead atoms. The molecule has 0 unspecified atom stereocenters. The molecule has 2 N–H and O–H groups in total. The summed E-state index contributed by atoms with van der Waals surface area (Å²) in [7, 11) is 0. The highest BCUT2D eigenvalue weighted by Crippen LogP contribution is 2.23. The standard InChI is InChI=1S/C19H16N6O/c1-13-11-17(26)23-19(21-13)24-20-12-15-18(14-7-3-2-4-8-14)22-16-9-5-6-10-25(15)16/h2-12H,1H3,(H2,21,23,24,26)/b20-12+. The van der Waals surface area contributed by atoms with Crippen molar-refractivity contribution in [2.24, 2.45) is 5.10 Å². The van der Waals surface area contributed by atoms with Gasteiger partial charge >= 0.3 is 0 Å². The number of hydrazone groups is 1. The van der Waals surface area contributed by atoms with Gasteiger partial charge in [-0.25, -0.2) is 15.4 Å². The SMILES string of the molecule is Cc1cc(=O)[nH]c(N/N=C/c2c(-c3ccccc3)nc3ccccn23)n1. The summed E-state index contributed by atoms with van der Waals surface area (Å²) in [4.78, 5) is 23.0. The molecule has 0 aliphatic rings. The lowest BCUT2D eigenvalue weighted by Gasteiger charge is -2.02. The number of rotatable bonds is 4. The third kappa shape index (κ3) is 3.10. The Labute approximate surface area is 149 Å². The molecule has 7 nitrogen and oxygen atoms in total. The molecule has 1 aromatic carbocycles. The maximum atomic E-state index is 11.5. The topological polar surface area (TPSA) is 87.4 Å². The molecule has 4 aromatic rings. The van der Waals surface area contributed by atoms with Crippen LogP contribution in [0.2, 0.25) is 0 Å². The van der Waals surface area contributed by atoms with Gasteiger partial charge in [-0.1, -0.05) is 36.4 Å². The number of aryl methyl sites for hydroxylation is 1. The van der Waals surface area contributed by atoms with E-state index in [1.54, 1.807) is 13.1 Å². The molecule has 0 amide bonds. The van der Waals surface area contributed by atoms with Crippen molar-refractivity contribution < 1.29 is 0 Å². The van der Waals surface area contributed by atoms with Crippen LogP contribution in [0.3, 0.4) is 0 Å². The highest BCUT2D eigenvalue weighted by molar-refractivity contribution is 5.89. The predicted molar refractivity (Wildman–Crippen MR) is 101 cm³/mol. The normalized spacial score (nSPS) is 11.3. The number of fused-ring (bicyclic) bond motifs is 1. The first-order chi connectivity index (χ1) is 12.7. The predicted octanol–water partition coefficient (Wildman–Crippen LogP) is 2.84. The van der Waals surface area contributed by atoms with Gasteiger partial charge in [0.2, 0.25) is 5.95 Å². The first-order valence-electron chi connectivity index (χ1n) is 8.10. The van der Waals surface area contributed by atoms with Crippen molar-refractivity contribution in [1.29, 1.82) is 0 Å². The summed E-state index contributed by atoms with van der Waals surface area (Å²) in [6, 6.07) is 17.2. The van der Waals surface area contributed by atoms with Gasteiger partial charge in [0.05, 0.1) is 17.6 Å². The fourth-order valence-corrected chi connectivity index (χ4v) is 2.73. The lowest BCUT2D eigenvalue weighted by molar-refractivity contribution is 1.04. The first-order valence-corrected chi connectivity index (χ1v) is 8.10. The number of pyridine rings is 1. The molecule has 3 aromatic heterocycles. The molecule has 0 atom stereocenters. The van der Waals surface area contributed by atoms with Gasteiger partial charge in [-0.3, -0.25) is 14.2 Å². The van der Waals surface area contributed by atoms with Gasteiger partial charge < -0.3 is 0 Å². The Morgan fingerprint density at radius 2 is 1.92 bits per heavy atom. The zero-order valence-electron chi connectivity index (χ0n) is 14.0. The molecular weight excluding hydrogens is 328 g/mol. The Morgan fingerprint density at radius 3 is 2.73 bits per heavy atom. The highest BCUT2D eigenvalue weighted by Gasteiger charge is 2.11. The number of benzene rings is 1. The van der Waals surface area contributed by atoms with Gasteiger partial charge in [-0.2, -0.15) is 5.10 Å².